The summed E-state index contributed by atoms with van der Waals surface area (Å²) in [5.74, 6) is -0.243. The Hall–Kier alpha value is -2.72. The lowest BCUT2D eigenvalue weighted by atomic mass is 10.0. The van der Waals surface area contributed by atoms with Crippen LogP contribution in [0.3, 0.4) is 0 Å². The lowest BCUT2D eigenvalue weighted by Gasteiger charge is -2.19. The first-order valence-electron chi connectivity index (χ1n) is 8.96. The lowest BCUT2D eigenvalue weighted by Crippen LogP contribution is -2.32. The molecule has 27 heavy (non-hydrogen) atoms. The number of hydrogen-bond acceptors (Lipinski definition) is 2. The first-order valence-corrected chi connectivity index (χ1v) is 10.3. The number of rotatable bonds is 7. The van der Waals surface area contributed by atoms with E-state index in [9.17, 15) is 9.00 Å². The summed E-state index contributed by atoms with van der Waals surface area (Å²) in [7, 11) is -1.37. The van der Waals surface area contributed by atoms with Crippen LogP contribution >= 0.6 is 0 Å². The average molecular weight is 378 g/mol. The number of hydrogen-bond donors (Lipinski definition) is 1. The van der Waals surface area contributed by atoms with Gasteiger partial charge in [-0.25, -0.2) is 0 Å². The molecule has 3 aromatic rings. The molecule has 4 heteroatoms. The van der Waals surface area contributed by atoms with Crippen LogP contribution in [0.5, 0.6) is 0 Å². The first-order chi connectivity index (χ1) is 13.1. The summed E-state index contributed by atoms with van der Waals surface area (Å²) in [6.45, 7) is 1.93. The SMILES string of the molecule is CC(NC(=O)CS(=O)C(c1ccccc1)c1ccccc1)c1ccccc1. The van der Waals surface area contributed by atoms with Gasteiger partial charge in [0.1, 0.15) is 5.75 Å². The van der Waals surface area contributed by atoms with Gasteiger partial charge in [-0.2, -0.15) is 0 Å². The van der Waals surface area contributed by atoms with Crippen molar-refractivity contribution < 1.29 is 9.00 Å². The molecule has 0 aromatic heterocycles. The molecular weight excluding hydrogens is 354 g/mol. The van der Waals surface area contributed by atoms with Crippen molar-refractivity contribution >= 4 is 16.7 Å². The van der Waals surface area contributed by atoms with E-state index < -0.39 is 10.8 Å². The van der Waals surface area contributed by atoms with Crippen LogP contribution in [0.15, 0.2) is 91.0 Å². The van der Waals surface area contributed by atoms with Gasteiger partial charge in [-0.05, 0) is 23.6 Å². The molecule has 0 heterocycles. The summed E-state index contributed by atoms with van der Waals surface area (Å²) < 4.78 is 13.1. The molecule has 3 nitrogen and oxygen atoms in total. The van der Waals surface area contributed by atoms with Gasteiger partial charge in [0.05, 0.1) is 11.3 Å². The van der Waals surface area contributed by atoms with Crippen LogP contribution in [0.4, 0.5) is 0 Å². The quantitative estimate of drug-likeness (QED) is 0.663. The van der Waals surface area contributed by atoms with Crippen molar-refractivity contribution in [3.63, 3.8) is 0 Å². The van der Waals surface area contributed by atoms with Gasteiger partial charge < -0.3 is 5.32 Å². The van der Waals surface area contributed by atoms with E-state index in [0.717, 1.165) is 16.7 Å². The van der Waals surface area contributed by atoms with Crippen molar-refractivity contribution in [1.82, 2.24) is 5.32 Å². The fourth-order valence-corrected chi connectivity index (χ4v) is 4.50. The molecule has 3 rings (SSSR count). The molecule has 0 spiro atoms. The van der Waals surface area contributed by atoms with E-state index in [1.165, 1.54) is 0 Å². The predicted molar refractivity (Wildman–Crippen MR) is 111 cm³/mol. The summed E-state index contributed by atoms with van der Waals surface area (Å²) in [4.78, 5) is 12.5. The highest BCUT2D eigenvalue weighted by molar-refractivity contribution is 7.86. The second kappa shape index (κ2) is 9.28. The highest BCUT2D eigenvalue weighted by Gasteiger charge is 2.23. The van der Waals surface area contributed by atoms with E-state index in [0.29, 0.717) is 0 Å². The van der Waals surface area contributed by atoms with E-state index in [-0.39, 0.29) is 23.0 Å². The van der Waals surface area contributed by atoms with E-state index in [2.05, 4.69) is 5.32 Å². The summed E-state index contributed by atoms with van der Waals surface area (Å²) in [5.41, 5.74) is 2.93. The normalized spacial score (nSPS) is 13.1. The van der Waals surface area contributed by atoms with Crippen molar-refractivity contribution in [2.24, 2.45) is 0 Å². The fourth-order valence-electron chi connectivity index (χ4n) is 3.07. The maximum Gasteiger partial charge on any atom is 0.233 e. The Kier molecular flexibility index (Phi) is 6.55. The van der Waals surface area contributed by atoms with Gasteiger partial charge in [-0.15, -0.1) is 0 Å². The minimum Gasteiger partial charge on any atom is -0.349 e. The Bertz CT molecular complexity index is 843. The molecule has 0 aliphatic rings. The molecular formula is C23H23NO2S. The number of nitrogens with one attached hydrogen (secondary N) is 1. The average Bonchev–Trinajstić information content (AvgIpc) is 2.70. The van der Waals surface area contributed by atoms with Gasteiger partial charge in [-0.3, -0.25) is 9.00 Å². The molecule has 0 saturated heterocycles. The van der Waals surface area contributed by atoms with Gasteiger partial charge in [0.15, 0.2) is 0 Å². The van der Waals surface area contributed by atoms with E-state index in [4.69, 9.17) is 0 Å². The predicted octanol–water partition coefficient (Wildman–Crippen LogP) is 4.40. The molecule has 0 aliphatic heterocycles. The Morgan fingerprint density at radius 2 is 1.19 bits per heavy atom. The Morgan fingerprint density at radius 1 is 0.778 bits per heavy atom. The summed E-state index contributed by atoms with van der Waals surface area (Å²) in [6, 6.07) is 29.1. The van der Waals surface area contributed by atoms with E-state index in [1.807, 2.05) is 97.9 Å². The number of carbonyl (C=O) groups is 1. The Morgan fingerprint density at radius 3 is 1.63 bits per heavy atom. The third kappa shape index (κ3) is 5.14. The molecule has 1 N–H and O–H groups in total. The largest absolute Gasteiger partial charge is 0.349 e. The minimum absolute atomic E-state index is 0.0361. The number of carbonyl (C=O) groups excluding carboxylic acids is 1. The highest BCUT2D eigenvalue weighted by Crippen LogP contribution is 2.28. The molecule has 0 aliphatic carbocycles. The molecule has 0 radical (unpaired) electrons. The molecule has 3 aromatic carbocycles. The maximum atomic E-state index is 13.1. The zero-order chi connectivity index (χ0) is 19.1. The second-order valence-corrected chi connectivity index (χ2v) is 7.95. The maximum absolute atomic E-state index is 13.1. The lowest BCUT2D eigenvalue weighted by molar-refractivity contribution is -0.119. The van der Waals surface area contributed by atoms with Crippen LogP contribution in [0.25, 0.3) is 0 Å². The van der Waals surface area contributed by atoms with Gasteiger partial charge in [-0.1, -0.05) is 91.0 Å². The highest BCUT2D eigenvalue weighted by atomic mass is 32.2. The fraction of sp³-hybridized carbons (Fsp3) is 0.174. The van der Waals surface area contributed by atoms with Gasteiger partial charge in [0.2, 0.25) is 5.91 Å². The van der Waals surface area contributed by atoms with Crippen LogP contribution in [-0.4, -0.2) is 15.9 Å². The zero-order valence-electron chi connectivity index (χ0n) is 15.2. The Labute approximate surface area is 162 Å². The summed E-state index contributed by atoms with van der Waals surface area (Å²) in [5, 5.41) is 2.62. The third-order valence-electron chi connectivity index (χ3n) is 4.42. The zero-order valence-corrected chi connectivity index (χ0v) is 16.1. The third-order valence-corrected chi connectivity index (χ3v) is 6.03. The minimum atomic E-state index is -1.37. The van der Waals surface area contributed by atoms with E-state index in [1.54, 1.807) is 0 Å². The van der Waals surface area contributed by atoms with Crippen LogP contribution in [0.1, 0.15) is 34.9 Å². The number of benzene rings is 3. The van der Waals surface area contributed by atoms with Crippen molar-refractivity contribution in [2.75, 3.05) is 5.75 Å². The van der Waals surface area contributed by atoms with Crippen LogP contribution in [0.2, 0.25) is 0 Å². The molecule has 2 unspecified atom stereocenters. The van der Waals surface area contributed by atoms with Gasteiger partial charge in [0, 0.05) is 10.8 Å². The molecule has 0 bridgehead atoms. The topological polar surface area (TPSA) is 46.2 Å². The van der Waals surface area contributed by atoms with Crippen molar-refractivity contribution in [1.29, 1.82) is 0 Å². The van der Waals surface area contributed by atoms with Crippen molar-refractivity contribution in [2.45, 2.75) is 18.2 Å². The van der Waals surface area contributed by atoms with Gasteiger partial charge in [0.25, 0.3) is 0 Å². The van der Waals surface area contributed by atoms with Crippen LogP contribution in [0, 0.1) is 0 Å². The van der Waals surface area contributed by atoms with Gasteiger partial charge >= 0.3 is 0 Å². The smallest absolute Gasteiger partial charge is 0.233 e. The monoisotopic (exact) mass is 377 g/mol. The number of amides is 1. The summed E-state index contributed by atoms with van der Waals surface area (Å²) >= 11 is 0. The Balaban J connectivity index is 1.74. The molecule has 0 fully saturated rings. The van der Waals surface area contributed by atoms with E-state index >= 15 is 0 Å². The molecule has 1 amide bonds. The second-order valence-electron chi connectivity index (χ2n) is 6.43. The van der Waals surface area contributed by atoms with Crippen LogP contribution in [-0.2, 0) is 15.6 Å². The van der Waals surface area contributed by atoms with Crippen molar-refractivity contribution in [3.8, 4) is 0 Å². The standard InChI is InChI=1S/C23H23NO2S/c1-18(19-11-5-2-6-12-19)24-22(25)17-27(26)23(20-13-7-3-8-14-20)21-15-9-4-10-16-21/h2-16,18,23H,17H2,1H3,(H,24,25). The molecule has 2 atom stereocenters. The molecule has 0 saturated carbocycles. The first kappa shape index (κ1) is 19.1. The molecule has 138 valence electrons. The summed E-state index contributed by atoms with van der Waals surface area (Å²) in [6.07, 6.45) is 0. The van der Waals surface area contributed by atoms with Crippen molar-refractivity contribution in [3.05, 3.63) is 108 Å². The van der Waals surface area contributed by atoms with Crippen LogP contribution < -0.4 is 5.32 Å².